The van der Waals surface area contributed by atoms with Crippen LogP contribution in [0, 0.1) is 11.8 Å². The summed E-state index contributed by atoms with van der Waals surface area (Å²) in [5, 5.41) is 4.93. The van der Waals surface area contributed by atoms with Gasteiger partial charge in [0.05, 0.1) is 36.1 Å². The second-order valence-electron chi connectivity index (χ2n) is 4.82. The molecular weight excluding hydrogens is 238 g/mol. The van der Waals surface area contributed by atoms with Crippen LogP contribution < -0.4 is 5.73 Å². The lowest BCUT2D eigenvalue weighted by Crippen LogP contribution is -2.25. The van der Waals surface area contributed by atoms with Gasteiger partial charge in [-0.1, -0.05) is 18.5 Å². The summed E-state index contributed by atoms with van der Waals surface area (Å²) in [6.07, 6.45) is 4.25. The van der Waals surface area contributed by atoms with Gasteiger partial charge in [0.2, 0.25) is 0 Å². The van der Waals surface area contributed by atoms with Crippen LogP contribution in [0.5, 0.6) is 0 Å². The van der Waals surface area contributed by atoms with Crippen molar-refractivity contribution in [3.05, 3.63) is 16.9 Å². The predicted molar refractivity (Wildman–Crippen MR) is 67.9 cm³/mol. The maximum Gasteiger partial charge on any atom is 0.0834 e. The SMILES string of the molecule is COCCn1ncc(Cl)c1C(N)C(C)C1CC1. The zero-order valence-electron chi connectivity index (χ0n) is 10.4. The molecule has 0 radical (unpaired) electrons. The Morgan fingerprint density at radius 2 is 2.35 bits per heavy atom. The number of nitrogens with zero attached hydrogens (tertiary/aromatic N) is 2. The summed E-state index contributed by atoms with van der Waals surface area (Å²) >= 11 is 6.18. The van der Waals surface area contributed by atoms with E-state index >= 15 is 0 Å². The topological polar surface area (TPSA) is 53.1 Å². The van der Waals surface area contributed by atoms with Gasteiger partial charge in [-0.25, -0.2) is 0 Å². The van der Waals surface area contributed by atoms with E-state index in [0.29, 0.717) is 24.1 Å². The highest BCUT2D eigenvalue weighted by Gasteiger charge is 2.34. The molecule has 2 atom stereocenters. The molecular formula is C12H20ClN3O. The Bertz CT molecular complexity index is 376. The average molecular weight is 258 g/mol. The molecule has 2 unspecified atom stereocenters. The van der Waals surface area contributed by atoms with Crippen molar-refractivity contribution in [2.45, 2.75) is 32.4 Å². The first-order valence-electron chi connectivity index (χ1n) is 6.11. The van der Waals surface area contributed by atoms with Crippen molar-refractivity contribution in [2.75, 3.05) is 13.7 Å². The fourth-order valence-corrected chi connectivity index (χ4v) is 2.49. The number of nitrogens with two attached hydrogens (primary N) is 1. The molecule has 0 aliphatic heterocycles. The molecule has 96 valence electrons. The van der Waals surface area contributed by atoms with Gasteiger partial charge in [0.25, 0.3) is 0 Å². The third-order valence-corrected chi connectivity index (χ3v) is 3.88. The van der Waals surface area contributed by atoms with E-state index in [9.17, 15) is 0 Å². The molecule has 1 aromatic heterocycles. The minimum atomic E-state index is -0.0330. The monoisotopic (exact) mass is 257 g/mol. The van der Waals surface area contributed by atoms with Crippen LogP contribution in [0.1, 0.15) is 31.5 Å². The molecule has 1 aromatic rings. The largest absolute Gasteiger partial charge is 0.383 e. The number of rotatable bonds is 6. The fourth-order valence-electron chi connectivity index (χ4n) is 2.22. The van der Waals surface area contributed by atoms with Crippen molar-refractivity contribution >= 4 is 11.6 Å². The normalized spacial score (nSPS) is 19.3. The maximum absolute atomic E-state index is 6.31. The van der Waals surface area contributed by atoms with Crippen molar-refractivity contribution < 1.29 is 4.74 Å². The second-order valence-corrected chi connectivity index (χ2v) is 5.22. The Balaban J connectivity index is 2.13. The molecule has 1 fully saturated rings. The molecule has 0 bridgehead atoms. The Morgan fingerprint density at radius 3 is 2.94 bits per heavy atom. The van der Waals surface area contributed by atoms with Crippen LogP contribution in [0.25, 0.3) is 0 Å². The lowest BCUT2D eigenvalue weighted by molar-refractivity contribution is 0.181. The number of aromatic nitrogens is 2. The zero-order chi connectivity index (χ0) is 12.4. The molecule has 0 aromatic carbocycles. The van der Waals surface area contributed by atoms with Crippen LogP contribution in [0.2, 0.25) is 5.02 Å². The quantitative estimate of drug-likeness (QED) is 0.850. The average Bonchev–Trinajstić information content (AvgIpc) is 3.10. The lowest BCUT2D eigenvalue weighted by atomic mass is 9.95. The molecule has 2 N–H and O–H groups in total. The Morgan fingerprint density at radius 1 is 1.65 bits per heavy atom. The van der Waals surface area contributed by atoms with Crippen molar-refractivity contribution in [3.63, 3.8) is 0 Å². The van der Waals surface area contributed by atoms with E-state index in [1.165, 1.54) is 12.8 Å². The van der Waals surface area contributed by atoms with E-state index in [1.807, 2.05) is 4.68 Å². The minimum absolute atomic E-state index is 0.0330. The molecule has 4 nitrogen and oxygen atoms in total. The predicted octanol–water partition coefficient (Wildman–Crippen LogP) is 2.23. The van der Waals surface area contributed by atoms with Crippen molar-refractivity contribution in [2.24, 2.45) is 17.6 Å². The van der Waals surface area contributed by atoms with Gasteiger partial charge >= 0.3 is 0 Å². The van der Waals surface area contributed by atoms with Crippen LogP contribution in [-0.2, 0) is 11.3 Å². The highest BCUT2D eigenvalue weighted by atomic mass is 35.5. The summed E-state index contributed by atoms with van der Waals surface area (Å²) in [5.74, 6) is 1.22. The molecule has 0 spiro atoms. The van der Waals surface area contributed by atoms with Gasteiger partial charge in [-0.15, -0.1) is 0 Å². The molecule has 1 aliphatic carbocycles. The molecule has 0 saturated heterocycles. The summed E-state index contributed by atoms with van der Waals surface area (Å²) in [4.78, 5) is 0. The maximum atomic E-state index is 6.31. The van der Waals surface area contributed by atoms with Gasteiger partial charge in [-0.3, -0.25) is 4.68 Å². The van der Waals surface area contributed by atoms with Gasteiger partial charge < -0.3 is 10.5 Å². The summed E-state index contributed by atoms with van der Waals surface area (Å²) in [5.41, 5.74) is 7.26. The first kappa shape index (κ1) is 12.9. The third-order valence-electron chi connectivity index (χ3n) is 3.59. The van der Waals surface area contributed by atoms with Crippen molar-refractivity contribution in [3.8, 4) is 0 Å². The van der Waals surface area contributed by atoms with Crippen LogP contribution in [-0.4, -0.2) is 23.5 Å². The smallest absolute Gasteiger partial charge is 0.0834 e. The highest BCUT2D eigenvalue weighted by Crippen LogP contribution is 2.42. The summed E-state index contributed by atoms with van der Waals surface area (Å²) in [7, 11) is 1.68. The van der Waals surface area contributed by atoms with Crippen LogP contribution in [0.15, 0.2) is 6.20 Å². The first-order valence-corrected chi connectivity index (χ1v) is 6.48. The van der Waals surface area contributed by atoms with E-state index in [0.717, 1.165) is 11.6 Å². The van der Waals surface area contributed by atoms with Crippen LogP contribution in [0.4, 0.5) is 0 Å². The number of halogens is 1. The zero-order valence-corrected chi connectivity index (χ0v) is 11.2. The van der Waals surface area contributed by atoms with E-state index in [1.54, 1.807) is 13.3 Å². The number of hydrogen-bond donors (Lipinski definition) is 1. The van der Waals surface area contributed by atoms with Crippen LogP contribution >= 0.6 is 11.6 Å². The molecule has 1 aliphatic rings. The van der Waals surface area contributed by atoms with E-state index in [-0.39, 0.29) is 6.04 Å². The number of hydrogen-bond acceptors (Lipinski definition) is 3. The Labute approximate surface area is 107 Å². The van der Waals surface area contributed by atoms with Gasteiger partial charge in [0.1, 0.15) is 0 Å². The second kappa shape index (κ2) is 5.38. The number of methoxy groups -OCH3 is 1. The molecule has 17 heavy (non-hydrogen) atoms. The summed E-state index contributed by atoms with van der Waals surface area (Å²) in [6, 6.07) is -0.0330. The standard InChI is InChI=1S/C12H20ClN3O/c1-8(9-3-4-9)11(14)12-10(13)7-15-16(12)5-6-17-2/h7-9,11H,3-6,14H2,1-2H3. The first-order chi connectivity index (χ1) is 8.15. The van der Waals surface area contributed by atoms with Gasteiger partial charge in [-0.05, 0) is 24.7 Å². The van der Waals surface area contributed by atoms with E-state index in [2.05, 4.69) is 12.0 Å². The minimum Gasteiger partial charge on any atom is -0.383 e. The van der Waals surface area contributed by atoms with E-state index in [4.69, 9.17) is 22.1 Å². The van der Waals surface area contributed by atoms with Crippen molar-refractivity contribution in [1.29, 1.82) is 0 Å². The van der Waals surface area contributed by atoms with Crippen molar-refractivity contribution in [1.82, 2.24) is 9.78 Å². The van der Waals surface area contributed by atoms with E-state index < -0.39 is 0 Å². The molecule has 2 rings (SSSR count). The highest BCUT2D eigenvalue weighted by molar-refractivity contribution is 6.31. The fraction of sp³-hybridized carbons (Fsp3) is 0.750. The third kappa shape index (κ3) is 2.81. The molecule has 5 heteroatoms. The molecule has 0 amide bonds. The Kier molecular flexibility index (Phi) is 4.07. The van der Waals surface area contributed by atoms with Gasteiger partial charge in [0, 0.05) is 7.11 Å². The lowest BCUT2D eigenvalue weighted by Gasteiger charge is -2.21. The molecule has 1 saturated carbocycles. The number of ether oxygens (including phenoxy) is 1. The van der Waals surface area contributed by atoms with Gasteiger partial charge in [0.15, 0.2) is 0 Å². The summed E-state index contributed by atoms with van der Waals surface area (Å²) < 4.78 is 6.94. The molecule has 1 heterocycles. The summed E-state index contributed by atoms with van der Waals surface area (Å²) in [6.45, 7) is 3.52. The Hall–Kier alpha value is -0.580. The van der Waals surface area contributed by atoms with Crippen LogP contribution in [0.3, 0.4) is 0 Å². The van der Waals surface area contributed by atoms with Gasteiger partial charge in [-0.2, -0.15) is 5.10 Å².